The second-order valence-corrected chi connectivity index (χ2v) is 8.14. The van der Waals surface area contributed by atoms with Crippen molar-refractivity contribution in [2.24, 2.45) is 0 Å². The van der Waals surface area contributed by atoms with Gasteiger partial charge in [-0.05, 0) is 43.7 Å². The number of hydrogen-bond donors (Lipinski definition) is 1. The molecule has 5 rings (SSSR count). The molecule has 0 unspecified atom stereocenters. The minimum Gasteiger partial charge on any atom is -0.497 e. The van der Waals surface area contributed by atoms with Gasteiger partial charge in [0.25, 0.3) is 0 Å². The van der Waals surface area contributed by atoms with Gasteiger partial charge in [-0.2, -0.15) is 5.10 Å². The molecule has 0 aliphatic rings. The summed E-state index contributed by atoms with van der Waals surface area (Å²) in [6.07, 6.45) is 1.84. The van der Waals surface area contributed by atoms with Crippen molar-refractivity contribution in [3.8, 4) is 17.0 Å². The van der Waals surface area contributed by atoms with Crippen LogP contribution in [-0.4, -0.2) is 27.8 Å². The van der Waals surface area contributed by atoms with E-state index in [0.717, 1.165) is 50.1 Å². The third kappa shape index (κ3) is 3.91. The van der Waals surface area contributed by atoms with Gasteiger partial charge in [-0.1, -0.05) is 48.0 Å². The van der Waals surface area contributed by atoms with Crippen LogP contribution in [0.1, 0.15) is 11.1 Å². The van der Waals surface area contributed by atoms with Crippen molar-refractivity contribution < 1.29 is 9.53 Å². The van der Waals surface area contributed by atoms with Crippen LogP contribution in [0.25, 0.3) is 33.1 Å². The van der Waals surface area contributed by atoms with Gasteiger partial charge in [-0.15, -0.1) is 0 Å². The number of aromatic nitrogens is 3. The highest BCUT2D eigenvalue weighted by molar-refractivity contribution is 6.09. The summed E-state index contributed by atoms with van der Waals surface area (Å²) < 4.78 is 7.22. The van der Waals surface area contributed by atoms with Gasteiger partial charge in [-0.3, -0.25) is 14.5 Å². The number of anilines is 1. The number of para-hydroxylation sites is 1. The molecule has 0 saturated carbocycles. The molecule has 33 heavy (non-hydrogen) atoms. The number of carbonyl (C=O) groups excluding carboxylic acids is 1. The highest BCUT2D eigenvalue weighted by Gasteiger charge is 2.18. The molecule has 1 N–H and O–H groups in total. The van der Waals surface area contributed by atoms with E-state index in [-0.39, 0.29) is 12.5 Å². The van der Waals surface area contributed by atoms with Gasteiger partial charge < -0.3 is 10.1 Å². The van der Waals surface area contributed by atoms with Gasteiger partial charge in [0.1, 0.15) is 18.0 Å². The number of benzene rings is 3. The summed E-state index contributed by atoms with van der Waals surface area (Å²) in [6.45, 7) is 4.10. The van der Waals surface area contributed by atoms with Crippen molar-refractivity contribution in [1.82, 2.24) is 14.8 Å². The summed E-state index contributed by atoms with van der Waals surface area (Å²) in [6, 6.07) is 21.7. The molecule has 3 aromatic carbocycles. The van der Waals surface area contributed by atoms with Crippen molar-refractivity contribution in [2.45, 2.75) is 20.4 Å². The van der Waals surface area contributed by atoms with E-state index in [0.29, 0.717) is 0 Å². The molecule has 2 aromatic heterocycles. The van der Waals surface area contributed by atoms with Gasteiger partial charge in [0.15, 0.2) is 0 Å². The summed E-state index contributed by atoms with van der Waals surface area (Å²) in [7, 11) is 1.64. The monoisotopic (exact) mass is 436 g/mol. The Morgan fingerprint density at radius 3 is 2.55 bits per heavy atom. The first-order valence-corrected chi connectivity index (χ1v) is 10.8. The highest BCUT2D eigenvalue weighted by Crippen LogP contribution is 2.33. The van der Waals surface area contributed by atoms with Gasteiger partial charge in [0.05, 0.1) is 18.1 Å². The molecule has 0 bridgehead atoms. The lowest BCUT2D eigenvalue weighted by Gasteiger charge is -2.10. The average molecular weight is 437 g/mol. The Balaban J connectivity index is 1.65. The lowest BCUT2D eigenvalue weighted by Crippen LogP contribution is -2.20. The third-order valence-electron chi connectivity index (χ3n) is 5.82. The Morgan fingerprint density at radius 2 is 1.79 bits per heavy atom. The van der Waals surface area contributed by atoms with Crippen molar-refractivity contribution in [1.29, 1.82) is 0 Å². The standard InChI is InChI=1S/C27H24N4O2/c1-17-8-10-19(11-9-17)26-22-15-28-24-13-12-20(33-3)14-21(24)27(22)31(30-26)16-25(32)29-23-7-5-4-6-18(23)2/h4-15H,16H2,1-3H3,(H,29,32). The molecule has 0 aliphatic carbocycles. The number of amides is 1. The number of aryl methyl sites for hydroxylation is 2. The van der Waals surface area contributed by atoms with E-state index in [4.69, 9.17) is 9.84 Å². The first kappa shape index (κ1) is 20.7. The molecule has 0 fully saturated rings. The van der Waals surface area contributed by atoms with Crippen LogP contribution in [0.4, 0.5) is 5.69 Å². The smallest absolute Gasteiger partial charge is 0.246 e. The molecule has 0 radical (unpaired) electrons. The quantitative estimate of drug-likeness (QED) is 0.394. The molecule has 0 saturated heterocycles. The molecule has 5 aromatic rings. The topological polar surface area (TPSA) is 69.0 Å². The van der Waals surface area contributed by atoms with Crippen molar-refractivity contribution in [2.75, 3.05) is 12.4 Å². The Morgan fingerprint density at radius 1 is 1.00 bits per heavy atom. The molecule has 164 valence electrons. The van der Waals surface area contributed by atoms with E-state index in [2.05, 4.69) is 29.4 Å². The fraction of sp³-hybridized carbons (Fsp3) is 0.148. The van der Waals surface area contributed by atoms with Crippen LogP contribution in [0.5, 0.6) is 5.75 Å². The van der Waals surface area contributed by atoms with Crippen LogP contribution in [0.15, 0.2) is 72.9 Å². The first-order chi connectivity index (χ1) is 16.0. The number of nitrogens with zero attached hydrogens (tertiary/aromatic N) is 3. The van der Waals surface area contributed by atoms with Gasteiger partial charge in [0.2, 0.25) is 5.91 Å². The molecule has 0 spiro atoms. The lowest BCUT2D eigenvalue weighted by atomic mass is 10.1. The van der Waals surface area contributed by atoms with Crippen LogP contribution in [-0.2, 0) is 11.3 Å². The Labute approximate surface area is 191 Å². The normalized spacial score (nSPS) is 11.1. The SMILES string of the molecule is COc1ccc2ncc3c(-c4ccc(C)cc4)nn(CC(=O)Nc4ccccc4C)c3c2c1. The fourth-order valence-corrected chi connectivity index (χ4v) is 4.04. The van der Waals surface area contributed by atoms with Gasteiger partial charge in [0, 0.05) is 28.2 Å². The number of ether oxygens (including phenoxy) is 1. The van der Waals surface area contributed by atoms with Crippen LogP contribution < -0.4 is 10.1 Å². The molecule has 0 atom stereocenters. The van der Waals surface area contributed by atoms with Gasteiger partial charge >= 0.3 is 0 Å². The number of hydrogen-bond acceptors (Lipinski definition) is 4. The zero-order chi connectivity index (χ0) is 22.9. The second kappa shape index (κ2) is 8.39. The van der Waals surface area contributed by atoms with Crippen molar-refractivity contribution >= 4 is 33.4 Å². The van der Waals surface area contributed by atoms with E-state index in [9.17, 15) is 4.79 Å². The minimum atomic E-state index is -0.142. The average Bonchev–Trinajstić information content (AvgIpc) is 3.19. The predicted octanol–water partition coefficient (Wildman–Crippen LogP) is 5.52. The summed E-state index contributed by atoms with van der Waals surface area (Å²) in [5.41, 5.74) is 6.43. The third-order valence-corrected chi connectivity index (χ3v) is 5.82. The molecule has 0 aliphatic heterocycles. The Hall–Kier alpha value is -4.19. The first-order valence-electron chi connectivity index (χ1n) is 10.8. The minimum absolute atomic E-state index is 0.0764. The largest absolute Gasteiger partial charge is 0.497 e. The number of rotatable bonds is 5. The molecule has 1 amide bonds. The van der Waals surface area contributed by atoms with E-state index in [1.165, 1.54) is 5.56 Å². The maximum absolute atomic E-state index is 13.0. The Kier molecular flexibility index (Phi) is 5.26. The maximum Gasteiger partial charge on any atom is 0.246 e. The van der Waals surface area contributed by atoms with Crippen LogP contribution in [0, 0.1) is 13.8 Å². The molecule has 6 heteroatoms. The second-order valence-electron chi connectivity index (χ2n) is 8.14. The van der Waals surface area contributed by atoms with E-state index < -0.39 is 0 Å². The number of nitrogens with one attached hydrogen (secondary N) is 1. The van der Waals surface area contributed by atoms with E-state index in [1.54, 1.807) is 11.8 Å². The lowest BCUT2D eigenvalue weighted by molar-refractivity contribution is -0.116. The zero-order valence-corrected chi connectivity index (χ0v) is 18.8. The molecular formula is C27H24N4O2. The fourth-order valence-electron chi connectivity index (χ4n) is 4.04. The zero-order valence-electron chi connectivity index (χ0n) is 18.8. The molecule has 6 nitrogen and oxygen atoms in total. The summed E-state index contributed by atoms with van der Waals surface area (Å²) in [5, 5.41) is 9.67. The number of fused-ring (bicyclic) bond motifs is 3. The van der Waals surface area contributed by atoms with Crippen LogP contribution in [0.2, 0.25) is 0 Å². The molecule has 2 heterocycles. The highest BCUT2D eigenvalue weighted by atomic mass is 16.5. The van der Waals surface area contributed by atoms with Crippen molar-refractivity contribution in [3.63, 3.8) is 0 Å². The predicted molar refractivity (Wildman–Crippen MR) is 132 cm³/mol. The number of methoxy groups -OCH3 is 1. The van der Waals surface area contributed by atoms with Crippen LogP contribution >= 0.6 is 0 Å². The van der Waals surface area contributed by atoms with E-state index >= 15 is 0 Å². The number of pyridine rings is 1. The summed E-state index contributed by atoms with van der Waals surface area (Å²) >= 11 is 0. The summed E-state index contributed by atoms with van der Waals surface area (Å²) in [4.78, 5) is 17.7. The van der Waals surface area contributed by atoms with Gasteiger partial charge in [-0.25, -0.2) is 0 Å². The van der Waals surface area contributed by atoms with Crippen molar-refractivity contribution in [3.05, 3.63) is 84.1 Å². The Bertz CT molecular complexity index is 1490. The maximum atomic E-state index is 13.0. The molecular weight excluding hydrogens is 412 g/mol. The number of carbonyl (C=O) groups is 1. The van der Waals surface area contributed by atoms with Crippen LogP contribution in [0.3, 0.4) is 0 Å². The van der Waals surface area contributed by atoms with E-state index in [1.807, 2.05) is 67.7 Å². The summed E-state index contributed by atoms with van der Waals surface area (Å²) in [5.74, 6) is 0.586.